The van der Waals surface area contributed by atoms with Crippen LogP contribution < -0.4 is 9.64 Å². The van der Waals surface area contributed by atoms with Crippen molar-refractivity contribution in [2.24, 2.45) is 0 Å². The number of rotatable bonds is 5. The molecule has 0 aliphatic carbocycles. The summed E-state index contributed by atoms with van der Waals surface area (Å²) in [5.41, 5.74) is 2.42. The number of pyridine rings is 1. The van der Waals surface area contributed by atoms with E-state index in [2.05, 4.69) is 4.98 Å². The van der Waals surface area contributed by atoms with Crippen LogP contribution in [0.1, 0.15) is 10.4 Å². The molecular weight excluding hydrogens is 374 g/mol. The van der Waals surface area contributed by atoms with E-state index < -0.39 is 16.6 Å². The summed E-state index contributed by atoms with van der Waals surface area (Å²) in [5.74, 6) is -1.02. The number of benzene rings is 2. The maximum Gasteiger partial charge on any atom is 0.366 e. The Bertz CT molecular complexity index is 1100. The summed E-state index contributed by atoms with van der Waals surface area (Å²) in [5, 5.41) is 11.0. The van der Waals surface area contributed by atoms with Crippen molar-refractivity contribution in [2.75, 3.05) is 18.1 Å². The second-order valence-electron chi connectivity index (χ2n) is 6.38. The van der Waals surface area contributed by atoms with Gasteiger partial charge in [0.05, 0.1) is 6.54 Å². The van der Waals surface area contributed by atoms with Crippen molar-refractivity contribution in [3.63, 3.8) is 0 Å². The fourth-order valence-electron chi connectivity index (χ4n) is 3.05. The first-order valence-corrected chi connectivity index (χ1v) is 8.80. The number of ketones is 1. The van der Waals surface area contributed by atoms with Crippen LogP contribution in [-0.2, 0) is 4.79 Å². The Morgan fingerprint density at radius 2 is 1.72 bits per heavy atom. The molecular formula is C21H15N3O5. The predicted octanol–water partition coefficient (Wildman–Crippen LogP) is 3.27. The molecule has 1 amide bonds. The molecule has 0 N–H and O–H groups in total. The van der Waals surface area contributed by atoms with Crippen LogP contribution >= 0.6 is 0 Å². The van der Waals surface area contributed by atoms with Crippen molar-refractivity contribution in [1.29, 1.82) is 0 Å². The van der Waals surface area contributed by atoms with Crippen LogP contribution in [0.2, 0.25) is 0 Å². The molecule has 0 atom stereocenters. The molecule has 8 nitrogen and oxygen atoms in total. The quantitative estimate of drug-likeness (QED) is 0.377. The number of nitro groups is 1. The number of anilines is 1. The largest absolute Gasteiger partial charge is 0.477 e. The molecule has 0 unspecified atom stereocenters. The lowest BCUT2D eigenvalue weighted by molar-refractivity contribution is -0.389. The Balaban J connectivity index is 1.58. The fourth-order valence-corrected chi connectivity index (χ4v) is 3.05. The van der Waals surface area contributed by atoms with E-state index in [4.69, 9.17) is 4.74 Å². The number of ether oxygens (including phenoxy) is 1. The van der Waals surface area contributed by atoms with Gasteiger partial charge >= 0.3 is 5.82 Å². The highest BCUT2D eigenvalue weighted by Crippen LogP contribution is 2.32. The average molecular weight is 389 g/mol. The molecule has 144 valence electrons. The van der Waals surface area contributed by atoms with Gasteiger partial charge in [0.15, 0.2) is 18.1 Å². The van der Waals surface area contributed by atoms with E-state index in [1.165, 1.54) is 12.1 Å². The monoisotopic (exact) mass is 389 g/mol. The van der Waals surface area contributed by atoms with E-state index >= 15 is 0 Å². The number of nitrogens with zero attached hydrogens (tertiary/aromatic N) is 3. The predicted molar refractivity (Wildman–Crippen MR) is 105 cm³/mol. The number of Topliss-reactive ketones (excluding diaryl/α,β-unsaturated/α-hetero) is 1. The lowest BCUT2D eigenvalue weighted by Gasteiger charge is -2.24. The lowest BCUT2D eigenvalue weighted by Crippen LogP contribution is -2.42. The van der Waals surface area contributed by atoms with Crippen molar-refractivity contribution in [3.8, 4) is 16.9 Å². The molecule has 0 radical (unpaired) electrons. The zero-order chi connectivity index (χ0) is 20.4. The summed E-state index contributed by atoms with van der Waals surface area (Å²) in [6, 6.07) is 19.4. The summed E-state index contributed by atoms with van der Waals surface area (Å²) < 4.78 is 5.27. The van der Waals surface area contributed by atoms with Crippen LogP contribution in [0, 0.1) is 10.1 Å². The molecule has 1 aliphatic heterocycles. The number of hydrogen-bond acceptors (Lipinski definition) is 6. The van der Waals surface area contributed by atoms with Gasteiger partial charge < -0.3 is 14.9 Å². The van der Waals surface area contributed by atoms with Gasteiger partial charge in [-0.1, -0.05) is 54.6 Å². The Morgan fingerprint density at radius 3 is 2.41 bits per heavy atom. The maximum absolute atomic E-state index is 12.7. The first-order valence-electron chi connectivity index (χ1n) is 8.80. The molecule has 8 heteroatoms. The molecule has 1 aromatic heterocycles. The zero-order valence-electron chi connectivity index (χ0n) is 15.1. The minimum atomic E-state index is -0.665. The second kappa shape index (κ2) is 7.51. The molecule has 0 spiro atoms. The summed E-state index contributed by atoms with van der Waals surface area (Å²) >= 11 is 0. The lowest BCUT2D eigenvalue weighted by atomic mass is 10.0. The maximum atomic E-state index is 12.7. The van der Waals surface area contributed by atoms with Gasteiger partial charge in [0.2, 0.25) is 0 Å². The third-order valence-corrected chi connectivity index (χ3v) is 4.54. The van der Waals surface area contributed by atoms with Gasteiger partial charge in [-0.25, -0.2) is 0 Å². The van der Waals surface area contributed by atoms with Crippen molar-refractivity contribution in [2.45, 2.75) is 0 Å². The van der Waals surface area contributed by atoms with E-state index in [1.807, 2.05) is 42.5 Å². The molecule has 2 heterocycles. The second-order valence-corrected chi connectivity index (χ2v) is 6.38. The Kier molecular flexibility index (Phi) is 4.74. The minimum Gasteiger partial charge on any atom is -0.477 e. The highest BCUT2D eigenvalue weighted by atomic mass is 16.6. The number of amides is 1. The van der Waals surface area contributed by atoms with Gasteiger partial charge in [0.25, 0.3) is 11.7 Å². The molecule has 4 rings (SSSR count). The average Bonchev–Trinajstić information content (AvgIpc) is 2.76. The molecule has 0 fully saturated rings. The number of carbonyl (C=O) groups excluding carboxylic acids is 2. The first kappa shape index (κ1) is 18.3. The van der Waals surface area contributed by atoms with Gasteiger partial charge in [0.1, 0.15) is 0 Å². The van der Waals surface area contributed by atoms with Gasteiger partial charge in [-0.15, -0.1) is 0 Å². The summed E-state index contributed by atoms with van der Waals surface area (Å²) in [7, 11) is 0. The molecule has 3 aromatic rings. The van der Waals surface area contributed by atoms with E-state index in [-0.39, 0.29) is 30.5 Å². The van der Waals surface area contributed by atoms with Crippen LogP contribution in [-0.4, -0.2) is 34.7 Å². The van der Waals surface area contributed by atoms with E-state index in [1.54, 1.807) is 12.1 Å². The van der Waals surface area contributed by atoms with Gasteiger partial charge in [-0.3, -0.25) is 14.5 Å². The fraction of sp³-hybridized carbons (Fsp3) is 0.0952. The van der Waals surface area contributed by atoms with Gasteiger partial charge in [0, 0.05) is 11.6 Å². The Morgan fingerprint density at radius 1 is 1.03 bits per heavy atom. The van der Waals surface area contributed by atoms with Crippen molar-refractivity contribution < 1.29 is 19.2 Å². The van der Waals surface area contributed by atoms with Gasteiger partial charge in [-0.05, 0) is 27.1 Å². The standard InChI is InChI=1S/C21H15N3O5/c25-17(16-8-6-15(7-9-16)14-4-2-1-3-5-14)12-23-20(26)13-29-18-10-11-19(24(27)28)22-21(18)23/h1-11H,12-13H2. The normalized spacial score (nSPS) is 12.8. The van der Waals surface area contributed by atoms with Crippen LogP contribution in [0.5, 0.6) is 5.75 Å². The first-order chi connectivity index (χ1) is 14.0. The smallest absolute Gasteiger partial charge is 0.366 e. The highest BCUT2D eigenvalue weighted by molar-refractivity contribution is 6.06. The van der Waals surface area contributed by atoms with E-state index in [0.29, 0.717) is 5.56 Å². The van der Waals surface area contributed by atoms with Crippen LogP contribution in [0.25, 0.3) is 11.1 Å². The molecule has 0 saturated heterocycles. The molecule has 1 aliphatic rings. The van der Waals surface area contributed by atoms with E-state index in [0.717, 1.165) is 16.0 Å². The molecule has 0 bridgehead atoms. The molecule has 0 saturated carbocycles. The minimum absolute atomic E-state index is 0.0234. The number of fused-ring (bicyclic) bond motifs is 1. The van der Waals surface area contributed by atoms with Crippen molar-refractivity contribution >= 4 is 23.3 Å². The summed E-state index contributed by atoms with van der Waals surface area (Å²) in [6.07, 6.45) is 0. The SMILES string of the molecule is O=C(CN1C(=O)COc2ccc([N+](=O)[O-])nc21)c1ccc(-c2ccccc2)cc1. The Labute approximate surface area is 165 Å². The van der Waals surface area contributed by atoms with Crippen LogP contribution in [0.3, 0.4) is 0 Å². The van der Waals surface area contributed by atoms with Crippen molar-refractivity contribution in [3.05, 3.63) is 82.4 Å². The number of hydrogen-bond donors (Lipinski definition) is 0. The van der Waals surface area contributed by atoms with Crippen molar-refractivity contribution in [1.82, 2.24) is 4.98 Å². The number of carbonyl (C=O) groups is 2. The van der Waals surface area contributed by atoms with E-state index in [9.17, 15) is 19.7 Å². The van der Waals surface area contributed by atoms with Gasteiger partial charge in [-0.2, -0.15) is 0 Å². The zero-order valence-corrected chi connectivity index (χ0v) is 15.1. The Hall–Kier alpha value is -4.07. The third-order valence-electron chi connectivity index (χ3n) is 4.54. The molecule has 29 heavy (non-hydrogen) atoms. The number of aromatic nitrogens is 1. The van der Waals surface area contributed by atoms with Crippen LogP contribution in [0.15, 0.2) is 66.7 Å². The molecule has 2 aromatic carbocycles. The third kappa shape index (κ3) is 3.68. The van der Waals surface area contributed by atoms with Crippen LogP contribution in [0.4, 0.5) is 11.6 Å². The highest BCUT2D eigenvalue weighted by Gasteiger charge is 2.33. The summed E-state index contributed by atoms with van der Waals surface area (Å²) in [4.78, 5) is 40.4. The topological polar surface area (TPSA) is 103 Å². The summed E-state index contributed by atoms with van der Waals surface area (Å²) in [6.45, 7) is -0.541.